The molecule has 1 aromatic heterocycles. The van der Waals surface area contributed by atoms with E-state index in [4.69, 9.17) is 16.3 Å². The summed E-state index contributed by atoms with van der Waals surface area (Å²) < 4.78 is 7.05. The SMILES string of the molecule is CCc1nc(C(=O)NCC2(COC)CCNCC2)nn1-c1ccccc1Cl.Cl. The molecular formula is C19H27Cl2N5O2. The molecule has 1 fully saturated rings. The third-order valence-electron chi connectivity index (χ3n) is 5.01. The van der Waals surface area contributed by atoms with E-state index in [0.717, 1.165) is 31.6 Å². The van der Waals surface area contributed by atoms with Gasteiger partial charge in [-0.2, -0.15) is 0 Å². The van der Waals surface area contributed by atoms with Gasteiger partial charge in [0.25, 0.3) is 5.91 Å². The van der Waals surface area contributed by atoms with Crippen molar-refractivity contribution in [2.45, 2.75) is 26.2 Å². The molecule has 154 valence electrons. The van der Waals surface area contributed by atoms with Crippen LogP contribution in [-0.2, 0) is 11.2 Å². The first-order chi connectivity index (χ1) is 13.1. The van der Waals surface area contributed by atoms with E-state index in [1.807, 2.05) is 25.1 Å². The van der Waals surface area contributed by atoms with Crippen molar-refractivity contribution >= 4 is 29.9 Å². The molecular weight excluding hydrogens is 401 g/mol. The lowest BCUT2D eigenvalue weighted by molar-refractivity contribution is 0.0509. The first kappa shape index (κ1) is 22.6. The highest BCUT2D eigenvalue weighted by Crippen LogP contribution is 2.28. The number of amides is 1. The molecule has 0 saturated carbocycles. The summed E-state index contributed by atoms with van der Waals surface area (Å²) in [5, 5.41) is 11.3. The van der Waals surface area contributed by atoms with E-state index in [-0.39, 0.29) is 29.6 Å². The number of rotatable bonds is 7. The predicted octanol–water partition coefficient (Wildman–Crippen LogP) is 2.65. The van der Waals surface area contributed by atoms with E-state index in [9.17, 15) is 4.79 Å². The van der Waals surface area contributed by atoms with Crippen molar-refractivity contribution < 1.29 is 9.53 Å². The average molecular weight is 428 g/mol. The Morgan fingerprint density at radius 1 is 1.36 bits per heavy atom. The quantitative estimate of drug-likeness (QED) is 0.709. The fourth-order valence-corrected chi connectivity index (χ4v) is 3.68. The molecule has 0 atom stereocenters. The molecule has 1 aromatic carbocycles. The summed E-state index contributed by atoms with van der Waals surface area (Å²) in [6.45, 7) is 5.00. The molecule has 1 aliphatic heterocycles. The molecule has 1 amide bonds. The van der Waals surface area contributed by atoms with Crippen LogP contribution in [0.5, 0.6) is 0 Å². The van der Waals surface area contributed by atoms with Crippen molar-refractivity contribution in [1.29, 1.82) is 0 Å². The van der Waals surface area contributed by atoms with E-state index in [1.165, 1.54) is 0 Å². The largest absolute Gasteiger partial charge is 0.384 e. The highest BCUT2D eigenvalue weighted by molar-refractivity contribution is 6.32. The van der Waals surface area contributed by atoms with E-state index < -0.39 is 0 Å². The molecule has 0 aliphatic carbocycles. The van der Waals surface area contributed by atoms with Crippen LogP contribution in [0.1, 0.15) is 36.2 Å². The summed E-state index contributed by atoms with van der Waals surface area (Å²) in [5.41, 5.74) is 0.672. The third-order valence-corrected chi connectivity index (χ3v) is 5.33. The molecule has 2 N–H and O–H groups in total. The Morgan fingerprint density at radius 2 is 2.07 bits per heavy atom. The third kappa shape index (κ3) is 5.03. The van der Waals surface area contributed by atoms with Crippen LogP contribution in [0.2, 0.25) is 5.02 Å². The van der Waals surface area contributed by atoms with Crippen LogP contribution in [0.15, 0.2) is 24.3 Å². The minimum absolute atomic E-state index is 0. The van der Waals surface area contributed by atoms with Gasteiger partial charge in [0, 0.05) is 25.5 Å². The summed E-state index contributed by atoms with van der Waals surface area (Å²) in [6, 6.07) is 7.40. The number of hydrogen-bond acceptors (Lipinski definition) is 5. The fraction of sp³-hybridized carbons (Fsp3) is 0.526. The van der Waals surface area contributed by atoms with Crippen molar-refractivity contribution in [3.8, 4) is 5.69 Å². The van der Waals surface area contributed by atoms with E-state index in [2.05, 4.69) is 20.7 Å². The molecule has 1 saturated heterocycles. The highest BCUT2D eigenvalue weighted by Gasteiger charge is 2.33. The number of carbonyl (C=O) groups excluding carboxylic acids is 1. The minimum Gasteiger partial charge on any atom is -0.384 e. The van der Waals surface area contributed by atoms with Crippen molar-refractivity contribution in [1.82, 2.24) is 25.4 Å². The second-order valence-corrected chi connectivity index (χ2v) is 7.34. The lowest BCUT2D eigenvalue weighted by atomic mass is 9.79. The molecule has 0 bridgehead atoms. The van der Waals surface area contributed by atoms with Crippen LogP contribution in [0, 0.1) is 5.41 Å². The number of nitrogens with one attached hydrogen (secondary N) is 2. The van der Waals surface area contributed by atoms with Gasteiger partial charge in [0.15, 0.2) is 0 Å². The number of hydrogen-bond donors (Lipinski definition) is 2. The number of methoxy groups -OCH3 is 1. The Balaban J connectivity index is 0.00000280. The van der Waals surface area contributed by atoms with Gasteiger partial charge in [0.2, 0.25) is 5.82 Å². The summed E-state index contributed by atoms with van der Waals surface area (Å²) in [6.07, 6.45) is 2.57. The molecule has 9 heteroatoms. The molecule has 1 aliphatic rings. The van der Waals surface area contributed by atoms with Crippen LogP contribution >= 0.6 is 24.0 Å². The van der Waals surface area contributed by atoms with Crippen LogP contribution < -0.4 is 10.6 Å². The van der Waals surface area contributed by atoms with Gasteiger partial charge in [-0.1, -0.05) is 30.7 Å². The maximum atomic E-state index is 12.7. The molecule has 7 nitrogen and oxygen atoms in total. The zero-order valence-corrected chi connectivity index (χ0v) is 17.8. The van der Waals surface area contributed by atoms with Gasteiger partial charge >= 0.3 is 0 Å². The fourth-order valence-electron chi connectivity index (χ4n) is 3.47. The summed E-state index contributed by atoms with van der Waals surface area (Å²) in [4.78, 5) is 17.1. The second kappa shape index (κ2) is 10.2. The number of nitrogens with zero attached hydrogens (tertiary/aromatic N) is 3. The number of ether oxygens (including phenoxy) is 1. The molecule has 2 aromatic rings. The van der Waals surface area contributed by atoms with Gasteiger partial charge in [-0.05, 0) is 38.1 Å². The Morgan fingerprint density at radius 3 is 2.71 bits per heavy atom. The van der Waals surface area contributed by atoms with Crippen molar-refractivity contribution in [3.63, 3.8) is 0 Å². The van der Waals surface area contributed by atoms with Gasteiger partial charge in [-0.15, -0.1) is 17.5 Å². The molecule has 28 heavy (non-hydrogen) atoms. The molecule has 3 rings (SSSR count). The van der Waals surface area contributed by atoms with Gasteiger partial charge in [0.05, 0.1) is 17.3 Å². The lowest BCUT2D eigenvalue weighted by Gasteiger charge is -2.37. The standard InChI is InChI=1S/C19H26ClN5O2.ClH/c1-3-16-23-17(24-25(16)15-7-5-4-6-14(15)20)18(26)22-12-19(13-27-2)8-10-21-11-9-19;/h4-7,21H,3,8-13H2,1-2H3,(H,22,26);1H. The predicted molar refractivity (Wildman–Crippen MR) is 112 cm³/mol. The monoisotopic (exact) mass is 427 g/mol. The summed E-state index contributed by atoms with van der Waals surface area (Å²) in [5.74, 6) is 0.583. The van der Waals surface area contributed by atoms with Crippen LogP contribution in [0.3, 0.4) is 0 Å². The smallest absolute Gasteiger partial charge is 0.291 e. The zero-order chi connectivity index (χ0) is 19.3. The molecule has 2 heterocycles. The normalized spacial score (nSPS) is 15.7. The maximum absolute atomic E-state index is 12.7. The van der Waals surface area contributed by atoms with E-state index >= 15 is 0 Å². The minimum atomic E-state index is -0.274. The van der Waals surface area contributed by atoms with Crippen molar-refractivity contribution in [2.24, 2.45) is 5.41 Å². The lowest BCUT2D eigenvalue weighted by Crippen LogP contribution is -2.47. The number of halogens is 2. The topological polar surface area (TPSA) is 81.1 Å². The van der Waals surface area contributed by atoms with Crippen LogP contribution in [-0.4, -0.2) is 54.0 Å². The van der Waals surface area contributed by atoms with Gasteiger partial charge in [-0.25, -0.2) is 9.67 Å². The zero-order valence-electron chi connectivity index (χ0n) is 16.2. The number of aryl methyl sites for hydroxylation is 1. The maximum Gasteiger partial charge on any atom is 0.291 e. The Kier molecular flexibility index (Phi) is 8.24. The molecule has 0 unspecified atom stereocenters. The average Bonchev–Trinajstić information content (AvgIpc) is 3.12. The summed E-state index contributed by atoms with van der Waals surface area (Å²) in [7, 11) is 1.70. The van der Waals surface area contributed by atoms with Crippen molar-refractivity contribution in [2.75, 3.05) is 33.4 Å². The Labute approximate surface area is 176 Å². The number of benzene rings is 1. The van der Waals surface area contributed by atoms with Crippen LogP contribution in [0.4, 0.5) is 0 Å². The van der Waals surface area contributed by atoms with Gasteiger partial charge in [0.1, 0.15) is 5.82 Å². The Bertz CT molecular complexity index is 785. The first-order valence-corrected chi connectivity index (χ1v) is 9.65. The van der Waals surface area contributed by atoms with E-state index in [1.54, 1.807) is 17.9 Å². The van der Waals surface area contributed by atoms with E-state index in [0.29, 0.717) is 30.4 Å². The molecule has 0 radical (unpaired) electrons. The second-order valence-electron chi connectivity index (χ2n) is 6.93. The Hall–Kier alpha value is -1.67. The number of carbonyl (C=O) groups is 1. The number of para-hydroxylation sites is 1. The molecule has 0 spiro atoms. The van der Waals surface area contributed by atoms with Gasteiger partial charge in [-0.3, -0.25) is 4.79 Å². The highest BCUT2D eigenvalue weighted by atomic mass is 35.5. The van der Waals surface area contributed by atoms with Gasteiger partial charge < -0.3 is 15.4 Å². The number of aromatic nitrogens is 3. The van der Waals surface area contributed by atoms with Crippen molar-refractivity contribution in [3.05, 3.63) is 40.9 Å². The number of piperidine rings is 1. The van der Waals surface area contributed by atoms with Crippen LogP contribution in [0.25, 0.3) is 5.69 Å². The first-order valence-electron chi connectivity index (χ1n) is 9.27. The summed E-state index contributed by atoms with van der Waals surface area (Å²) >= 11 is 6.28.